The van der Waals surface area contributed by atoms with Gasteiger partial charge >= 0.3 is 0 Å². The van der Waals surface area contributed by atoms with Crippen LogP contribution in [0.3, 0.4) is 0 Å². The molecule has 0 spiro atoms. The fraction of sp³-hybridized carbons (Fsp3) is 0. The molecular weight excluding hydrogens is 96.0 g/mol. The van der Waals surface area contributed by atoms with E-state index < -0.39 is 0 Å². The molecule has 1 heterocycles. The summed E-state index contributed by atoms with van der Waals surface area (Å²) < 4.78 is 0. The van der Waals surface area contributed by atoms with Crippen LogP contribution >= 0.6 is 0 Å². The van der Waals surface area contributed by atoms with Crippen molar-refractivity contribution in [2.24, 2.45) is 0 Å². The minimum atomic E-state index is 0. The van der Waals surface area contributed by atoms with Gasteiger partial charge in [0.05, 0.1) is 6.33 Å². The number of rotatable bonds is 0. The minimum absolute atomic E-state index is 0. The van der Waals surface area contributed by atoms with Crippen molar-refractivity contribution in [2.75, 3.05) is 0 Å². The molecule has 0 atom stereocenters. The van der Waals surface area contributed by atoms with Crippen molar-refractivity contribution in [2.45, 2.75) is 0 Å². The highest BCUT2D eigenvalue weighted by Crippen LogP contribution is 1.62. The van der Waals surface area contributed by atoms with Gasteiger partial charge in [0, 0.05) is 12.4 Å². The maximum absolute atomic E-state index is 3.67. The summed E-state index contributed by atoms with van der Waals surface area (Å²) >= 11 is 0. The third kappa shape index (κ3) is 2.95. The Morgan fingerprint density at radius 2 is 2.00 bits per heavy atom. The summed E-state index contributed by atoms with van der Waals surface area (Å²) in [6.45, 7) is 0. The van der Waals surface area contributed by atoms with E-state index in [2.05, 4.69) is 9.97 Å². The predicted octanol–water partition coefficient (Wildman–Crippen LogP) is -1.24. The highest BCUT2D eigenvalue weighted by atomic mass is 16.0. The number of hydrogen-bond donors (Lipinski definition) is 1. The molecule has 0 aliphatic rings. The molecule has 0 amide bonds. The van der Waals surface area contributed by atoms with Crippen LogP contribution in [0.15, 0.2) is 18.7 Å². The number of aromatic amines is 1. The first kappa shape index (κ1) is 9.46. The molecule has 1 rings (SSSR count). The Labute approximate surface area is 40.8 Å². The minimum Gasteiger partial charge on any atom is -0.412 e. The Hall–Kier alpha value is -0.870. The molecule has 0 saturated heterocycles. The monoisotopic (exact) mass is 104 g/mol. The van der Waals surface area contributed by atoms with E-state index in [4.69, 9.17) is 0 Å². The van der Waals surface area contributed by atoms with Gasteiger partial charge in [0.15, 0.2) is 0 Å². The molecule has 0 saturated carbocycles. The lowest BCUT2D eigenvalue weighted by Gasteiger charge is -1.46. The molecule has 1 aromatic heterocycles. The van der Waals surface area contributed by atoms with E-state index in [1.165, 1.54) is 0 Å². The van der Waals surface area contributed by atoms with Crippen LogP contribution in [0.25, 0.3) is 0 Å². The Morgan fingerprint density at radius 3 is 2.14 bits per heavy atom. The molecule has 7 heavy (non-hydrogen) atoms. The van der Waals surface area contributed by atoms with Crippen LogP contribution in [0.1, 0.15) is 0 Å². The topological polar surface area (TPSA) is 91.7 Å². The van der Waals surface area contributed by atoms with Gasteiger partial charge in [-0.05, 0) is 0 Å². The van der Waals surface area contributed by atoms with E-state index in [1.807, 2.05) is 0 Å². The van der Waals surface area contributed by atoms with Crippen molar-refractivity contribution in [3.8, 4) is 0 Å². The zero-order chi connectivity index (χ0) is 3.54. The van der Waals surface area contributed by atoms with Gasteiger partial charge in [-0.15, -0.1) is 0 Å². The molecule has 0 aliphatic heterocycles. The summed E-state index contributed by atoms with van der Waals surface area (Å²) in [7, 11) is 0. The fourth-order valence-corrected chi connectivity index (χ4v) is 0.215. The van der Waals surface area contributed by atoms with E-state index in [-0.39, 0.29) is 11.0 Å². The van der Waals surface area contributed by atoms with Crippen LogP contribution in [0.2, 0.25) is 0 Å². The van der Waals surface area contributed by atoms with Gasteiger partial charge in [0.2, 0.25) is 0 Å². The first-order valence-electron chi connectivity index (χ1n) is 1.43. The Kier molecular flexibility index (Phi) is 6.93. The lowest BCUT2D eigenvalue weighted by Crippen LogP contribution is -1.44. The average Bonchev–Trinajstić information content (AvgIpc) is 1.76. The van der Waals surface area contributed by atoms with E-state index in [1.54, 1.807) is 18.7 Å². The summed E-state index contributed by atoms with van der Waals surface area (Å²) in [6, 6.07) is 0. The zero-order valence-corrected chi connectivity index (χ0v) is 3.68. The second kappa shape index (κ2) is 5.13. The highest BCUT2D eigenvalue weighted by Gasteiger charge is 1.56. The third-order valence-corrected chi connectivity index (χ3v) is 0.406. The molecule has 4 nitrogen and oxygen atoms in total. The number of nitrogens with zero attached hydrogens (tertiary/aromatic N) is 1. The second-order valence-electron chi connectivity index (χ2n) is 0.761. The Morgan fingerprint density at radius 1 is 1.29 bits per heavy atom. The smallest absolute Gasteiger partial charge is 0.0919 e. The Bertz CT molecular complexity index is 67.4. The van der Waals surface area contributed by atoms with Crippen LogP contribution in [0.5, 0.6) is 0 Å². The summed E-state index contributed by atoms with van der Waals surface area (Å²) in [5, 5.41) is 0. The van der Waals surface area contributed by atoms with Crippen molar-refractivity contribution in [3.05, 3.63) is 18.7 Å². The number of imidazole rings is 1. The van der Waals surface area contributed by atoms with Gasteiger partial charge in [0.25, 0.3) is 0 Å². The van der Waals surface area contributed by atoms with Gasteiger partial charge < -0.3 is 15.9 Å². The molecule has 42 valence electrons. The van der Waals surface area contributed by atoms with E-state index in [0.29, 0.717) is 0 Å². The van der Waals surface area contributed by atoms with Crippen LogP contribution in [0, 0.1) is 0 Å². The van der Waals surface area contributed by atoms with Gasteiger partial charge in [-0.3, -0.25) is 0 Å². The lowest BCUT2D eigenvalue weighted by atomic mass is 11.0. The molecule has 5 N–H and O–H groups in total. The summed E-state index contributed by atoms with van der Waals surface area (Å²) in [6.07, 6.45) is 5.08. The molecule has 0 radical (unpaired) electrons. The SMILES string of the molecule is O.O.c1c[nH]cn1. The first-order chi connectivity index (χ1) is 2.50. The summed E-state index contributed by atoms with van der Waals surface area (Å²) in [4.78, 5) is 6.42. The van der Waals surface area contributed by atoms with E-state index in [9.17, 15) is 0 Å². The van der Waals surface area contributed by atoms with Crippen molar-refractivity contribution < 1.29 is 11.0 Å². The van der Waals surface area contributed by atoms with Crippen molar-refractivity contribution in [1.29, 1.82) is 0 Å². The molecule has 4 heteroatoms. The standard InChI is InChI=1S/C3H4N2.2H2O/c1-2-5-3-4-1;;/h1-3H,(H,4,5);2*1H2. The maximum Gasteiger partial charge on any atom is 0.0919 e. The zero-order valence-electron chi connectivity index (χ0n) is 3.68. The average molecular weight is 104 g/mol. The van der Waals surface area contributed by atoms with Gasteiger partial charge in [-0.25, -0.2) is 4.98 Å². The molecule has 0 unspecified atom stereocenters. The van der Waals surface area contributed by atoms with Crippen LogP contribution in [-0.2, 0) is 0 Å². The molecule has 0 fully saturated rings. The molecule has 0 aliphatic carbocycles. The second-order valence-corrected chi connectivity index (χ2v) is 0.761. The molecule has 0 aromatic carbocycles. The predicted molar refractivity (Wildman–Crippen MR) is 25.8 cm³/mol. The molecule has 0 bridgehead atoms. The van der Waals surface area contributed by atoms with Gasteiger partial charge in [-0.1, -0.05) is 0 Å². The summed E-state index contributed by atoms with van der Waals surface area (Å²) in [5.74, 6) is 0. The molecular formula is C3H8N2O2. The Balaban J connectivity index is 0. The fourth-order valence-electron chi connectivity index (χ4n) is 0.215. The van der Waals surface area contributed by atoms with Crippen LogP contribution in [-0.4, -0.2) is 20.9 Å². The largest absolute Gasteiger partial charge is 0.412 e. The number of nitrogens with one attached hydrogen (secondary N) is 1. The van der Waals surface area contributed by atoms with E-state index in [0.717, 1.165) is 0 Å². The molecule has 1 aromatic rings. The maximum atomic E-state index is 3.67. The number of H-pyrrole nitrogens is 1. The van der Waals surface area contributed by atoms with Gasteiger partial charge in [-0.2, -0.15) is 0 Å². The van der Waals surface area contributed by atoms with Crippen molar-refractivity contribution >= 4 is 0 Å². The first-order valence-corrected chi connectivity index (χ1v) is 1.43. The van der Waals surface area contributed by atoms with Crippen LogP contribution < -0.4 is 0 Å². The highest BCUT2D eigenvalue weighted by molar-refractivity contribution is 4.64. The normalized spacial score (nSPS) is 5.71. The summed E-state index contributed by atoms with van der Waals surface area (Å²) in [5.41, 5.74) is 0. The van der Waals surface area contributed by atoms with E-state index >= 15 is 0 Å². The van der Waals surface area contributed by atoms with Crippen LogP contribution in [0.4, 0.5) is 0 Å². The van der Waals surface area contributed by atoms with Gasteiger partial charge in [0.1, 0.15) is 0 Å². The van der Waals surface area contributed by atoms with Crippen molar-refractivity contribution in [1.82, 2.24) is 9.97 Å². The number of hydrogen-bond acceptors (Lipinski definition) is 1. The number of aromatic nitrogens is 2. The quantitative estimate of drug-likeness (QED) is 0.438. The van der Waals surface area contributed by atoms with Crippen molar-refractivity contribution in [3.63, 3.8) is 0 Å². The third-order valence-electron chi connectivity index (χ3n) is 0.406. The lowest BCUT2D eigenvalue weighted by molar-refractivity contribution is 0.823.